The third-order valence-corrected chi connectivity index (χ3v) is 7.34. The first-order valence-electron chi connectivity index (χ1n) is 5.20. The molecule has 16 heavy (non-hydrogen) atoms. The van der Waals surface area contributed by atoms with Crippen molar-refractivity contribution in [1.29, 1.82) is 0 Å². The van der Waals surface area contributed by atoms with E-state index in [9.17, 15) is 8.78 Å². The Hall–Kier alpha value is -0.903. The quantitative estimate of drug-likeness (QED) is 0.709. The standard InChI is InChI=1S/C12H17F2OSi/c1-12(2,3)16(4,5)15-10-8-6-7-9(13)11(10)14/h6-7H,1-5H3. The third kappa shape index (κ3) is 2.61. The Morgan fingerprint density at radius 1 is 1.25 bits per heavy atom. The lowest BCUT2D eigenvalue weighted by molar-refractivity contribution is 0.428. The molecule has 0 aliphatic carbocycles. The van der Waals surface area contributed by atoms with Crippen LogP contribution in [0.2, 0.25) is 18.1 Å². The monoisotopic (exact) mass is 243 g/mol. The molecule has 0 bridgehead atoms. The van der Waals surface area contributed by atoms with Gasteiger partial charge in [-0.25, -0.2) is 4.39 Å². The Kier molecular flexibility index (Phi) is 3.43. The first kappa shape index (κ1) is 13.2. The van der Waals surface area contributed by atoms with Crippen molar-refractivity contribution in [2.75, 3.05) is 0 Å². The molecule has 0 saturated heterocycles. The molecular formula is C12H17F2OSi. The van der Waals surface area contributed by atoms with Gasteiger partial charge >= 0.3 is 0 Å². The predicted molar refractivity (Wildman–Crippen MR) is 63.0 cm³/mol. The van der Waals surface area contributed by atoms with Gasteiger partial charge in [-0.2, -0.15) is 4.39 Å². The lowest BCUT2D eigenvalue weighted by atomic mass is 10.2. The molecule has 0 atom stereocenters. The smallest absolute Gasteiger partial charge is 0.250 e. The number of benzene rings is 1. The van der Waals surface area contributed by atoms with Gasteiger partial charge in [-0.15, -0.1) is 0 Å². The molecule has 0 amide bonds. The highest BCUT2D eigenvalue weighted by Crippen LogP contribution is 2.37. The molecule has 1 aromatic carbocycles. The minimum atomic E-state index is -2.14. The van der Waals surface area contributed by atoms with E-state index in [-0.39, 0.29) is 10.8 Å². The van der Waals surface area contributed by atoms with E-state index >= 15 is 0 Å². The number of hydrogen-bond donors (Lipinski definition) is 0. The fourth-order valence-corrected chi connectivity index (χ4v) is 1.88. The molecule has 0 unspecified atom stereocenters. The van der Waals surface area contributed by atoms with Crippen molar-refractivity contribution >= 4 is 8.32 Å². The third-order valence-electron chi connectivity index (χ3n) is 3.02. The summed E-state index contributed by atoms with van der Waals surface area (Å²) in [6, 6.07) is 4.97. The van der Waals surface area contributed by atoms with E-state index in [0.717, 1.165) is 6.07 Å². The zero-order chi connectivity index (χ0) is 12.6. The van der Waals surface area contributed by atoms with Gasteiger partial charge in [0, 0.05) is 6.07 Å². The molecule has 1 nitrogen and oxygen atoms in total. The van der Waals surface area contributed by atoms with Crippen LogP contribution < -0.4 is 4.43 Å². The first-order valence-corrected chi connectivity index (χ1v) is 8.11. The van der Waals surface area contributed by atoms with Crippen LogP contribution in [0.1, 0.15) is 20.8 Å². The van der Waals surface area contributed by atoms with Crippen LogP contribution in [-0.4, -0.2) is 8.32 Å². The van der Waals surface area contributed by atoms with Crippen molar-refractivity contribution in [3.8, 4) is 5.75 Å². The lowest BCUT2D eigenvalue weighted by Crippen LogP contribution is -2.44. The van der Waals surface area contributed by atoms with Gasteiger partial charge in [0.25, 0.3) is 8.32 Å². The second-order valence-electron chi connectivity index (χ2n) is 5.33. The zero-order valence-corrected chi connectivity index (χ0v) is 11.3. The summed E-state index contributed by atoms with van der Waals surface area (Å²) in [5.41, 5.74) is 0. The van der Waals surface area contributed by atoms with Gasteiger partial charge in [-0.05, 0) is 30.3 Å². The average Bonchev–Trinajstić information content (AvgIpc) is 2.11. The van der Waals surface area contributed by atoms with Crippen molar-refractivity contribution in [3.05, 3.63) is 29.8 Å². The summed E-state index contributed by atoms with van der Waals surface area (Å²) in [6.07, 6.45) is 0. The Morgan fingerprint density at radius 3 is 2.31 bits per heavy atom. The predicted octanol–water partition coefficient (Wildman–Crippen LogP) is 4.15. The van der Waals surface area contributed by atoms with Crippen molar-refractivity contribution in [1.82, 2.24) is 0 Å². The molecule has 1 aromatic rings. The second-order valence-corrected chi connectivity index (χ2v) is 10.1. The van der Waals surface area contributed by atoms with E-state index in [1.807, 2.05) is 33.9 Å². The van der Waals surface area contributed by atoms with Crippen LogP contribution in [0.15, 0.2) is 12.1 Å². The molecule has 0 saturated carbocycles. The first-order chi connectivity index (χ1) is 7.15. The van der Waals surface area contributed by atoms with E-state index in [0.29, 0.717) is 0 Å². The maximum Gasteiger partial charge on any atom is 0.250 e. The normalized spacial score (nSPS) is 12.7. The molecule has 0 aromatic heterocycles. The molecule has 0 aliphatic rings. The van der Waals surface area contributed by atoms with E-state index in [1.165, 1.54) is 6.07 Å². The molecule has 0 spiro atoms. The zero-order valence-electron chi connectivity index (χ0n) is 10.3. The molecule has 0 fully saturated rings. The molecule has 1 radical (unpaired) electrons. The lowest BCUT2D eigenvalue weighted by Gasteiger charge is -2.36. The highest BCUT2D eigenvalue weighted by atomic mass is 28.4. The van der Waals surface area contributed by atoms with Crippen molar-refractivity contribution in [2.24, 2.45) is 0 Å². The average molecular weight is 243 g/mol. The highest BCUT2D eigenvalue weighted by molar-refractivity contribution is 6.74. The molecule has 4 heteroatoms. The summed E-state index contributed by atoms with van der Waals surface area (Å²) in [4.78, 5) is 0. The summed E-state index contributed by atoms with van der Waals surface area (Å²) in [5, 5.41) is -0.0560. The molecule has 0 aliphatic heterocycles. The van der Waals surface area contributed by atoms with E-state index in [1.54, 1.807) is 0 Å². The van der Waals surface area contributed by atoms with E-state index in [2.05, 4.69) is 6.07 Å². The van der Waals surface area contributed by atoms with Crippen LogP contribution in [0.4, 0.5) is 8.78 Å². The van der Waals surface area contributed by atoms with Gasteiger partial charge in [-0.3, -0.25) is 0 Å². The largest absolute Gasteiger partial charge is 0.541 e. The summed E-state index contributed by atoms with van der Waals surface area (Å²) in [6.45, 7) is 10.1. The van der Waals surface area contributed by atoms with Gasteiger partial charge in [-0.1, -0.05) is 20.8 Å². The van der Waals surface area contributed by atoms with Crippen LogP contribution in [0.3, 0.4) is 0 Å². The van der Waals surface area contributed by atoms with Crippen LogP contribution in [0.25, 0.3) is 0 Å². The fourth-order valence-electron chi connectivity index (χ4n) is 0.918. The van der Waals surface area contributed by atoms with Crippen molar-refractivity contribution in [3.63, 3.8) is 0 Å². The van der Waals surface area contributed by atoms with Crippen LogP contribution in [0.5, 0.6) is 5.75 Å². The molecular weight excluding hydrogens is 226 g/mol. The van der Waals surface area contributed by atoms with E-state index < -0.39 is 20.0 Å². The van der Waals surface area contributed by atoms with Gasteiger partial charge in [0.2, 0.25) is 0 Å². The molecule has 0 N–H and O–H groups in total. The molecule has 89 valence electrons. The number of hydrogen-bond acceptors (Lipinski definition) is 1. The SMILES string of the molecule is CC(C)(C)[Si](C)(C)Oc1[c]ccc(F)c1F. The summed E-state index contributed by atoms with van der Waals surface area (Å²) < 4.78 is 32.0. The topological polar surface area (TPSA) is 9.23 Å². The maximum absolute atomic E-state index is 13.4. The molecule has 1 rings (SSSR count). The number of halogens is 2. The van der Waals surface area contributed by atoms with Crippen LogP contribution in [-0.2, 0) is 0 Å². The Balaban J connectivity index is 3.02. The van der Waals surface area contributed by atoms with Gasteiger partial charge < -0.3 is 4.43 Å². The van der Waals surface area contributed by atoms with Crippen LogP contribution >= 0.6 is 0 Å². The summed E-state index contributed by atoms with van der Waals surface area (Å²) in [7, 11) is -2.14. The van der Waals surface area contributed by atoms with Crippen molar-refractivity contribution in [2.45, 2.75) is 38.9 Å². The van der Waals surface area contributed by atoms with Gasteiger partial charge in [0.15, 0.2) is 17.4 Å². The maximum atomic E-state index is 13.4. The minimum Gasteiger partial charge on any atom is -0.541 e. The Bertz CT molecular complexity index is 383. The van der Waals surface area contributed by atoms with Crippen molar-refractivity contribution < 1.29 is 13.2 Å². The minimum absolute atomic E-state index is 0.0560. The molecule has 0 heterocycles. The highest BCUT2D eigenvalue weighted by Gasteiger charge is 2.39. The van der Waals surface area contributed by atoms with Gasteiger partial charge in [0.1, 0.15) is 0 Å². The van der Waals surface area contributed by atoms with Gasteiger partial charge in [0.05, 0.1) is 0 Å². The Morgan fingerprint density at radius 2 is 1.81 bits per heavy atom. The Labute approximate surface area is 96.6 Å². The summed E-state index contributed by atoms with van der Waals surface area (Å²) in [5.74, 6) is -1.95. The van der Waals surface area contributed by atoms with E-state index in [4.69, 9.17) is 4.43 Å². The summed E-state index contributed by atoms with van der Waals surface area (Å²) >= 11 is 0. The number of rotatable bonds is 2. The fraction of sp³-hybridized carbons (Fsp3) is 0.500. The second kappa shape index (κ2) is 4.16. The van der Waals surface area contributed by atoms with Crippen LogP contribution in [0, 0.1) is 17.7 Å².